The summed E-state index contributed by atoms with van der Waals surface area (Å²) >= 11 is 0. The largest absolute Gasteiger partial charge is 0.462 e. The van der Waals surface area contributed by atoms with Gasteiger partial charge in [-0.3, -0.25) is 0 Å². The van der Waals surface area contributed by atoms with Crippen molar-refractivity contribution >= 4 is 17.7 Å². The molecule has 0 saturated heterocycles. The maximum atomic E-state index is 11.7. The molecule has 2 N–H and O–H groups in total. The Bertz CT molecular complexity index is 486. The molecular formula is C17H26N2O4. The highest BCUT2D eigenvalue weighted by atomic mass is 16.5. The third-order valence-electron chi connectivity index (χ3n) is 2.86. The fourth-order valence-corrected chi connectivity index (χ4v) is 1.77. The van der Waals surface area contributed by atoms with Crippen LogP contribution in [0.15, 0.2) is 24.3 Å². The summed E-state index contributed by atoms with van der Waals surface area (Å²) in [5.74, 6) is 0.147. The lowest BCUT2D eigenvalue weighted by atomic mass is 10.2. The maximum Gasteiger partial charge on any atom is 0.338 e. The summed E-state index contributed by atoms with van der Waals surface area (Å²) in [4.78, 5) is 23.2. The molecule has 0 saturated carbocycles. The Hall–Kier alpha value is -2.08. The molecule has 0 heterocycles. The van der Waals surface area contributed by atoms with Gasteiger partial charge < -0.3 is 20.1 Å². The number of esters is 1. The Morgan fingerprint density at radius 2 is 1.87 bits per heavy atom. The molecule has 0 atom stereocenters. The van der Waals surface area contributed by atoms with E-state index >= 15 is 0 Å². The standard InChI is InChI=1S/C17H26N2O4/c1-4-23-16(20)14-6-8-15(9-7-14)19-17(21)18-10-5-11-22-12-13(2)3/h6-9,13H,4-5,10-12H2,1-3H3,(H2,18,19,21). The number of benzene rings is 1. The van der Waals surface area contributed by atoms with Crippen LogP contribution < -0.4 is 10.6 Å². The minimum absolute atomic E-state index is 0.280. The number of rotatable bonds is 9. The number of hydrogen-bond acceptors (Lipinski definition) is 4. The Balaban J connectivity index is 2.25. The molecule has 0 fully saturated rings. The summed E-state index contributed by atoms with van der Waals surface area (Å²) < 4.78 is 10.3. The van der Waals surface area contributed by atoms with E-state index in [2.05, 4.69) is 24.5 Å². The van der Waals surface area contributed by atoms with Crippen LogP contribution in [0.3, 0.4) is 0 Å². The number of urea groups is 1. The van der Waals surface area contributed by atoms with Gasteiger partial charge in [0.25, 0.3) is 0 Å². The third-order valence-corrected chi connectivity index (χ3v) is 2.86. The second kappa shape index (κ2) is 10.6. The highest BCUT2D eigenvalue weighted by Crippen LogP contribution is 2.10. The zero-order chi connectivity index (χ0) is 17.1. The number of nitrogens with one attached hydrogen (secondary N) is 2. The smallest absolute Gasteiger partial charge is 0.338 e. The average molecular weight is 322 g/mol. The van der Waals surface area contributed by atoms with Gasteiger partial charge in [0.1, 0.15) is 0 Å². The first-order valence-electron chi connectivity index (χ1n) is 7.92. The Kier molecular flexibility index (Phi) is 8.75. The summed E-state index contributed by atoms with van der Waals surface area (Å²) in [7, 11) is 0. The van der Waals surface area contributed by atoms with Crippen molar-refractivity contribution in [2.45, 2.75) is 27.2 Å². The van der Waals surface area contributed by atoms with Gasteiger partial charge >= 0.3 is 12.0 Å². The van der Waals surface area contributed by atoms with Gasteiger partial charge in [0.2, 0.25) is 0 Å². The molecule has 0 radical (unpaired) electrons. The van der Waals surface area contributed by atoms with E-state index in [0.717, 1.165) is 13.0 Å². The Labute approximate surface area is 137 Å². The van der Waals surface area contributed by atoms with Crippen molar-refractivity contribution in [1.82, 2.24) is 5.32 Å². The molecule has 0 spiro atoms. The Morgan fingerprint density at radius 3 is 2.48 bits per heavy atom. The molecule has 0 aliphatic rings. The predicted octanol–water partition coefficient (Wildman–Crippen LogP) is 3.05. The number of carbonyl (C=O) groups is 2. The van der Waals surface area contributed by atoms with Crippen LogP contribution in [0, 0.1) is 5.92 Å². The van der Waals surface area contributed by atoms with E-state index in [1.807, 2.05) is 0 Å². The molecule has 1 aromatic carbocycles. The summed E-state index contributed by atoms with van der Waals surface area (Å²) in [5, 5.41) is 5.46. The molecule has 6 nitrogen and oxygen atoms in total. The van der Waals surface area contributed by atoms with Gasteiger partial charge in [0.15, 0.2) is 0 Å². The van der Waals surface area contributed by atoms with Crippen molar-refractivity contribution in [1.29, 1.82) is 0 Å². The van der Waals surface area contributed by atoms with Gasteiger partial charge in [-0.15, -0.1) is 0 Å². The van der Waals surface area contributed by atoms with E-state index in [1.165, 1.54) is 0 Å². The quantitative estimate of drug-likeness (QED) is 0.541. The summed E-state index contributed by atoms with van der Waals surface area (Å²) in [5.41, 5.74) is 1.08. The number of amides is 2. The van der Waals surface area contributed by atoms with Crippen LogP contribution in [0.4, 0.5) is 10.5 Å². The minimum atomic E-state index is -0.370. The zero-order valence-corrected chi connectivity index (χ0v) is 14.1. The van der Waals surface area contributed by atoms with Crippen LogP contribution >= 0.6 is 0 Å². The van der Waals surface area contributed by atoms with Crippen LogP contribution in [0.2, 0.25) is 0 Å². The van der Waals surface area contributed by atoms with Crippen molar-refractivity contribution in [2.24, 2.45) is 5.92 Å². The van der Waals surface area contributed by atoms with E-state index in [-0.39, 0.29) is 12.0 Å². The van der Waals surface area contributed by atoms with Crippen molar-refractivity contribution < 1.29 is 19.1 Å². The van der Waals surface area contributed by atoms with Crippen LogP contribution in [-0.4, -0.2) is 38.4 Å². The van der Waals surface area contributed by atoms with Crippen LogP contribution in [0.1, 0.15) is 37.6 Å². The molecule has 0 bridgehead atoms. The lowest BCUT2D eigenvalue weighted by Crippen LogP contribution is -2.30. The number of ether oxygens (including phenoxy) is 2. The first-order valence-corrected chi connectivity index (χ1v) is 7.92. The maximum absolute atomic E-state index is 11.7. The van der Waals surface area contributed by atoms with E-state index < -0.39 is 0 Å². The molecule has 6 heteroatoms. The monoisotopic (exact) mass is 322 g/mol. The fourth-order valence-electron chi connectivity index (χ4n) is 1.77. The Morgan fingerprint density at radius 1 is 1.17 bits per heavy atom. The third kappa shape index (κ3) is 8.21. The number of hydrogen-bond donors (Lipinski definition) is 2. The zero-order valence-electron chi connectivity index (χ0n) is 14.1. The molecule has 0 aromatic heterocycles. The molecule has 1 rings (SSSR count). The fraction of sp³-hybridized carbons (Fsp3) is 0.529. The molecule has 128 valence electrons. The average Bonchev–Trinajstić information content (AvgIpc) is 2.51. The summed E-state index contributed by atoms with van der Waals surface area (Å²) in [6.07, 6.45) is 0.766. The van der Waals surface area contributed by atoms with Crippen molar-refractivity contribution in [3.8, 4) is 0 Å². The van der Waals surface area contributed by atoms with Crippen molar-refractivity contribution in [3.63, 3.8) is 0 Å². The van der Waals surface area contributed by atoms with Crippen LogP contribution in [0.25, 0.3) is 0 Å². The SMILES string of the molecule is CCOC(=O)c1ccc(NC(=O)NCCCOCC(C)C)cc1. The van der Waals surface area contributed by atoms with Gasteiger partial charge in [-0.1, -0.05) is 13.8 Å². The van der Waals surface area contributed by atoms with Crippen molar-refractivity contribution in [2.75, 3.05) is 31.7 Å². The highest BCUT2D eigenvalue weighted by molar-refractivity contribution is 5.92. The molecule has 1 aromatic rings. The van der Waals surface area contributed by atoms with Gasteiger partial charge in [0, 0.05) is 25.4 Å². The predicted molar refractivity (Wildman–Crippen MR) is 89.7 cm³/mol. The lowest BCUT2D eigenvalue weighted by Gasteiger charge is -2.09. The van der Waals surface area contributed by atoms with Crippen LogP contribution in [0.5, 0.6) is 0 Å². The lowest BCUT2D eigenvalue weighted by molar-refractivity contribution is 0.0526. The second-order valence-electron chi connectivity index (χ2n) is 5.50. The van der Waals surface area contributed by atoms with E-state index in [0.29, 0.717) is 36.9 Å². The summed E-state index contributed by atoms with van der Waals surface area (Å²) in [6, 6.07) is 6.29. The molecule has 2 amide bonds. The second-order valence-corrected chi connectivity index (χ2v) is 5.50. The number of anilines is 1. The van der Waals surface area contributed by atoms with E-state index in [9.17, 15) is 9.59 Å². The summed E-state index contributed by atoms with van der Waals surface area (Å²) in [6.45, 7) is 8.20. The molecule has 0 unspecified atom stereocenters. The van der Waals surface area contributed by atoms with Crippen molar-refractivity contribution in [3.05, 3.63) is 29.8 Å². The van der Waals surface area contributed by atoms with Crippen LogP contribution in [-0.2, 0) is 9.47 Å². The highest BCUT2D eigenvalue weighted by Gasteiger charge is 2.06. The first kappa shape index (κ1) is 19.0. The van der Waals surface area contributed by atoms with E-state index in [4.69, 9.17) is 9.47 Å². The van der Waals surface area contributed by atoms with E-state index in [1.54, 1.807) is 31.2 Å². The van der Waals surface area contributed by atoms with Gasteiger partial charge in [0.05, 0.1) is 12.2 Å². The van der Waals surface area contributed by atoms with Gasteiger partial charge in [-0.2, -0.15) is 0 Å². The minimum Gasteiger partial charge on any atom is -0.462 e. The molecule has 0 aliphatic carbocycles. The number of carbonyl (C=O) groups excluding carboxylic acids is 2. The first-order chi connectivity index (χ1) is 11.0. The topological polar surface area (TPSA) is 76.7 Å². The van der Waals surface area contributed by atoms with Gasteiger partial charge in [-0.05, 0) is 43.5 Å². The molecular weight excluding hydrogens is 296 g/mol. The van der Waals surface area contributed by atoms with Gasteiger partial charge in [-0.25, -0.2) is 9.59 Å². The normalized spacial score (nSPS) is 10.4. The molecule has 23 heavy (non-hydrogen) atoms. The molecule has 0 aliphatic heterocycles.